The summed E-state index contributed by atoms with van der Waals surface area (Å²) in [6.45, 7) is 0. The van der Waals surface area contributed by atoms with Crippen LogP contribution in [-0.4, -0.2) is 14.1 Å². The normalized spacial score (nSPS) is 11.8. The number of hydrogen-bond acceptors (Lipinski definition) is 2. The quantitative estimate of drug-likeness (QED) is 0.176. The molecule has 0 aliphatic heterocycles. The molecule has 8 aromatic carbocycles. The third-order valence-corrected chi connectivity index (χ3v) is 11.8. The van der Waals surface area contributed by atoms with Crippen molar-refractivity contribution < 1.29 is 0 Å². The predicted molar refractivity (Wildman–Crippen MR) is 225 cm³/mol. The molecule has 0 radical (unpaired) electrons. The van der Waals surface area contributed by atoms with Crippen molar-refractivity contribution in [2.24, 2.45) is 0 Å². The number of aromatic nitrogens is 3. The molecule has 11 aromatic rings. The Morgan fingerprint density at radius 3 is 1.89 bits per heavy atom. The summed E-state index contributed by atoms with van der Waals surface area (Å²) in [6, 6.07) is 67.7. The van der Waals surface area contributed by atoms with Gasteiger partial charge in [-0.25, -0.2) is 4.98 Å². The largest absolute Gasteiger partial charge is 0.309 e. The van der Waals surface area contributed by atoms with Gasteiger partial charge in [-0.05, 0) is 95.1 Å². The van der Waals surface area contributed by atoms with Gasteiger partial charge in [0.25, 0.3) is 0 Å². The molecule has 0 saturated heterocycles. The summed E-state index contributed by atoms with van der Waals surface area (Å²) in [7, 11) is 0. The number of rotatable bonds is 5. The number of fused-ring (bicyclic) bond motifs is 7. The molecule has 0 fully saturated rings. The fraction of sp³-hybridized carbons (Fsp3) is 0. The number of nitrogens with zero attached hydrogens (tertiary/aromatic N) is 3. The highest BCUT2D eigenvalue weighted by Gasteiger charge is 2.18. The fourth-order valence-corrected chi connectivity index (χ4v) is 9.31. The summed E-state index contributed by atoms with van der Waals surface area (Å²) in [6.07, 6.45) is 0. The number of para-hydroxylation sites is 2. The van der Waals surface area contributed by atoms with E-state index in [1.165, 1.54) is 64.2 Å². The first-order valence-corrected chi connectivity index (χ1v) is 18.8. The summed E-state index contributed by atoms with van der Waals surface area (Å²) in [5, 5.41) is 5.15. The second kappa shape index (κ2) is 11.9. The summed E-state index contributed by atoms with van der Waals surface area (Å²) in [4.78, 5) is 5.22. The molecule has 11 rings (SSSR count). The van der Waals surface area contributed by atoms with E-state index in [1.54, 1.807) is 0 Å². The Hall–Kier alpha value is -6.75. The van der Waals surface area contributed by atoms with Gasteiger partial charge in [-0.15, -0.1) is 11.3 Å². The van der Waals surface area contributed by atoms with E-state index in [2.05, 4.69) is 197 Å². The molecule has 53 heavy (non-hydrogen) atoms. The van der Waals surface area contributed by atoms with Crippen LogP contribution in [0.5, 0.6) is 0 Å². The van der Waals surface area contributed by atoms with E-state index in [0.717, 1.165) is 33.8 Å². The SMILES string of the molecule is c1ccc(-c2ccc3nc(-c4ccc(-n5c6ccccc6c6cc(-c7cccc8c7sc7ccccc78)ccc65)cc4)n(-c4ccccc4)c3c2)cc1. The van der Waals surface area contributed by atoms with Gasteiger partial charge in [-0.1, -0.05) is 115 Å². The molecule has 0 bridgehead atoms. The average molecular weight is 694 g/mol. The van der Waals surface area contributed by atoms with Gasteiger partial charge >= 0.3 is 0 Å². The molecule has 0 amide bonds. The lowest BCUT2D eigenvalue weighted by Gasteiger charge is -2.12. The van der Waals surface area contributed by atoms with Crippen molar-refractivity contribution in [3.05, 3.63) is 188 Å². The van der Waals surface area contributed by atoms with Gasteiger partial charge in [0, 0.05) is 47.9 Å². The van der Waals surface area contributed by atoms with Crippen molar-refractivity contribution in [2.45, 2.75) is 0 Å². The van der Waals surface area contributed by atoms with Crippen LogP contribution in [0.4, 0.5) is 0 Å². The summed E-state index contributed by atoms with van der Waals surface area (Å²) in [5.74, 6) is 0.922. The van der Waals surface area contributed by atoms with E-state index in [4.69, 9.17) is 4.98 Å². The zero-order valence-corrected chi connectivity index (χ0v) is 29.5. The van der Waals surface area contributed by atoms with Crippen molar-refractivity contribution >= 4 is 64.3 Å². The maximum atomic E-state index is 5.22. The lowest BCUT2D eigenvalue weighted by atomic mass is 10.0. The van der Waals surface area contributed by atoms with Crippen molar-refractivity contribution in [3.63, 3.8) is 0 Å². The number of benzene rings is 8. The lowest BCUT2D eigenvalue weighted by molar-refractivity contribution is 1.10. The maximum absolute atomic E-state index is 5.22. The number of imidazole rings is 1. The minimum absolute atomic E-state index is 0.922. The molecular formula is C49H31N3S. The van der Waals surface area contributed by atoms with Crippen LogP contribution in [0.15, 0.2) is 188 Å². The smallest absolute Gasteiger partial charge is 0.145 e. The van der Waals surface area contributed by atoms with Crippen LogP contribution >= 0.6 is 11.3 Å². The molecule has 3 heterocycles. The molecule has 0 aliphatic rings. The summed E-state index contributed by atoms with van der Waals surface area (Å²) in [5.41, 5.74) is 12.6. The standard InChI is InChI=1S/C49H31N3S/c1-3-12-32(13-4-1)34-24-28-43-46(31-34)52(36-14-5-2-6-15-36)49(50-43)33-22-26-37(27-23-33)51-44-20-9-7-16-39(44)42-30-35(25-29-45(42)51)38-18-11-19-41-40-17-8-10-21-47(40)53-48(38)41/h1-31H. The third kappa shape index (κ3) is 4.77. The lowest BCUT2D eigenvalue weighted by Crippen LogP contribution is -1.98. The Bertz CT molecular complexity index is 3150. The van der Waals surface area contributed by atoms with Crippen LogP contribution in [-0.2, 0) is 0 Å². The molecule has 0 saturated carbocycles. The van der Waals surface area contributed by atoms with Crippen LogP contribution < -0.4 is 0 Å². The first-order chi connectivity index (χ1) is 26.3. The Morgan fingerprint density at radius 2 is 1.04 bits per heavy atom. The minimum atomic E-state index is 0.922. The van der Waals surface area contributed by atoms with Crippen LogP contribution in [0.1, 0.15) is 0 Å². The molecular weight excluding hydrogens is 663 g/mol. The molecule has 3 nitrogen and oxygen atoms in total. The van der Waals surface area contributed by atoms with E-state index in [1.807, 2.05) is 11.3 Å². The Morgan fingerprint density at radius 1 is 0.377 bits per heavy atom. The van der Waals surface area contributed by atoms with Gasteiger partial charge in [0.05, 0.1) is 22.1 Å². The first kappa shape index (κ1) is 29.9. The molecule has 0 atom stereocenters. The predicted octanol–water partition coefficient (Wildman–Crippen LogP) is 13.5. The summed E-state index contributed by atoms with van der Waals surface area (Å²) >= 11 is 1.88. The van der Waals surface area contributed by atoms with Crippen molar-refractivity contribution in [3.8, 4) is 45.0 Å². The molecule has 4 heteroatoms. The topological polar surface area (TPSA) is 22.8 Å². The van der Waals surface area contributed by atoms with Crippen molar-refractivity contribution in [1.82, 2.24) is 14.1 Å². The highest BCUT2D eigenvalue weighted by atomic mass is 32.1. The monoisotopic (exact) mass is 693 g/mol. The van der Waals surface area contributed by atoms with Gasteiger partial charge in [0.1, 0.15) is 5.82 Å². The van der Waals surface area contributed by atoms with Gasteiger partial charge < -0.3 is 4.57 Å². The second-order valence-electron chi connectivity index (χ2n) is 13.6. The highest BCUT2D eigenvalue weighted by molar-refractivity contribution is 7.26. The van der Waals surface area contributed by atoms with Crippen molar-refractivity contribution in [1.29, 1.82) is 0 Å². The molecule has 0 N–H and O–H groups in total. The molecule has 0 unspecified atom stereocenters. The van der Waals surface area contributed by atoms with E-state index < -0.39 is 0 Å². The first-order valence-electron chi connectivity index (χ1n) is 18.0. The van der Waals surface area contributed by atoms with Gasteiger partial charge in [0.15, 0.2) is 0 Å². The van der Waals surface area contributed by atoms with Crippen LogP contribution in [0.2, 0.25) is 0 Å². The molecule has 248 valence electrons. The van der Waals surface area contributed by atoms with Gasteiger partial charge in [0.2, 0.25) is 0 Å². The number of hydrogen-bond donors (Lipinski definition) is 0. The maximum Gasteiger partial charge on any atom is 0.145 e. The van der Waals surface area contributed by atoms with Crippen LogP contribution in [0, 0.1) is 0 Å². The van der Waals surface area contributed by atoms with Crippen molar-refractivity contribution in [2.75, 3.05) is 0 Å². The Kier molecular flexibility index (Phi) is 6.73. The van der Waals surface area contributed by atoms with Gasteiger partial charge in [-0.3, -0.25) is 4.57 Å². The molecule has 0 spiro atoms. The minimum Gasteiger partial charge on any atom is -0.309 e. The zero-order chi connectivity index (χ0) is 34.9. The zero-order valence-electron chi connectivity index (χ0n) is 28.6. The van der Waals surface area contributed by atoms with Gasteiger partial charge in [-0.2, -0.15) is 0 Å². The molecule has 3 aromatic heterocycles. The van der Waals surface area contributed by atoms with E-state index in [-0.39, 0.29) is 0 Å². The highest BCUT2D eigenvalue weighted by Crippen LogP contribution is 2.42. The molecule has 0 aliphatic carbocycles. The third-order valence-electron chi connectivity index (χ3n) is 10.5. The second-order valence-corrected chi connectivity index (χ2v) is 14.6. The van der Waals surface area contributed by atoms with E-state index in [9.17, 15) is 0 Å². The van der Waals surface area contributed by atoms with Crippen LogP contribution in [0.3, 0.4) is 0 Å². The van der Waals surface area contributed by atoms with Crippen LogP contribution in [0.25, 0.3) is 98.0 Å². The fourth-order valence-electron chi connectivity index (χ4n) is 8.07. The Balaban J connectivity index is 1.04. The average Bonchev–Trinajstić information content (AvgIpc) is 3.91. The Labute approximate surface area is 310 Å². The number of thiophene rings is 1. The summed E-state index contributed by atoms with van der Waals surface area (Å²) < 4.78 is 7.35. The van der Waals surface area contributed by atoms with E-state index in [0.29, 0.717) is 0 Å². The van der Waals surface area contributed by atoms with E-state index >= 15 is 0 Å².